The van der Waals surface area contributed by atoms with Gasteiger partial charge in [0.1, 0.15) is 5.78 Å². The molecule has 1 saturated heterocycles. The lowest BCUT2D eigenvalue weighted by Gasteiger charge is -2.36. The van der Waals surface area contributed by atoms with E-state index in [4.69, 9.17) is 9.47 Å². The highest BCUT2D eigenvalue weighted by molar-refractivity contribution is 5.87. The minimum Gasteiger partial charge on any atom is -0.466 e. The number of Topliss-reactive ketones (excluding diaryl/α,β-unsaturated/α-hetero) is 1. The Morgan fingerprint density at radius 2 is 2.00 bits per heavy atom. The third-order valence-corrected chi connectivity index (χ3v) is 3.20. The number of rotatable bonds is 2. The molecule has 0 N–H and O–H groups in total. The van der Waals surface area contributed by atoms with E-state index in [0.717, 1.165) is 0 Å². The maximum atomic E-state index is 11.7. The van der Waals surface area contributed by atoms with Crippen LogP contribution in [0.5, 0.6) is 0 Å². The van der Waals surface area contributed by atoms with Crippen LogP contribution in [0.2, 0.25) is 0 Å². The second-order valence-electron chi connectivity index (χ2n) is 4.25. The third kappa shape index (κ3) is 2.04. The average molecular weight is 212 g/mol. The summed E-state index contributed by atoms with van der Waals surface area (Å²) in [5, 5.41) is 0. The number of fused-ring (bicyclic) bond motifs is 2. The van der Waals surface area contributed by atoms with Crippen LogP contribution in [0.25, 0.3) is 0 Å². The van der Waals surface area contributed by atoms with Gasteiger partial charge in [0.2, 0.25) is 0 Å². The first-order chi connectivity index (χ1) is 7.22. The summed E-state index contributed by atoms with van der Waals surface area (Å²) in [6, 6.07) is 0. The molecule has 1 aliphatic carbocycles. The zero-order valence-corrected chi connectivity index (χ0v) is 8.90. The molecule has 2 aliphatic rings. The van der Waals surface area contributed by atoms with Crippen LogP contribution < -0.4 is 0 Å². The SMILES string of the molecule is CCOC(=O)C1CC2COCC(C1)C2=O. The molecule has 2 bridgehead atoms. The van der Waals surface area contributed by atoms with Gasteiger partial charge in [-0.3, -0.25) is 9.59 Å². The smallest absolute Gasteiger partial charge is 0.308 e. The van der Waals surface area contributed by atoms with E-state index >= 15 is 0 Å². The Morgan fingerprint density at radius 3 is 2.53 bits per heavy atom. The first-order valence-electron chi connectivity index (χ1n) is 5.50. The summed E-state index contributed by atoms with van der Waals surface area (Å²) in [6.07, 6.45) is 1.21. The van der Waals surface area contributed by atoms with Crippen molar-refractivity contribution in [1.82, 2.24) is 0 Å². The summed E-state index contributed by atoms with van der Waals surface area (Å²) >= 11 is 0. The quantitative estimate of drug-likeness (QED) is 0.635. The van der Waals surface area contributed by atoms with Crippen LogP contribution in [0.1, 0.15) is 19.8 Å². The van der Waals surface area contributed by atoms with Crippen LogP contribution >= 0.6 is 0 Å². The van der Waals surface area contributed by atoms with Gasteiger partial charge in [0.05, 0.1) is 25.7 Å². The zero-order valence-electron chi connectivity index (χ0n) is 8.90. The molecular weight excluding hydrogens is 196 g/mol. The number of ketones is 1. The van der Waals surface area contributed by atoms with Gasteiger partial charge >= 0.3 is 5.97 Å². The maximum absolute atomic E-state index is 11.7. The molecule has 2 fully saturated rings. The fourth-order valence-electron chi connectivity index (χ4n) is 2.45. The van der Waals surface area contributed by atoms with Crippen molar-refractivity contribution in [3.63, 3.8) is 0 Å². The fourth-order valence-corrected chi connectivity index (χ4v) is 2.45. The zero-order chi connectivity index (χ0) is 10.8. The lowest BCUT2D eigenvalue weighted by Crippen LogP contribution is -2.44. The highest BCUT2D eigenvalue weighted by atomic mass is 16.5. The van der Waals surface area contributed by atoms with E-state index in [0.29, 0.717) is 32.7 Å². The summed E-state index contributed by atoms with van der Waals surface area (Å²) in [7, 11) is 0. The van der Waals surface area contributed by atoms with Crippen molar-refractivity contribution in [1.29, 1.82) is 0 Å². The Hall–Kier alpha value is -0.900. The molecule has 2 atom stereocenters. The van der Waals surface area contributed by atoms with Crippen molar-refractivity contribution in [2.75, 3.05) is 19.8 Å². The summed E-state index contributed by atoms with van der Waals surface area (Å²) < 4.78 is 10.3. The summed E-state index contributed by atoms with van der Waals surface area (Å²) in [5.74, 6) is -0.121. The Labute approximate surface area is 88.9 Å². The molecule has 1 saturated carbocycles. The van der Waals surface area contributed by atoms with E-state index in [1.807, 2.05) is 0 Å². The van der Waals surface area contributed by atoms with Gasteiger partial charge in [0, 0.05) is 11.8 Å². The number of hydrogen-bond donors (Lipinski definition) is 0. The highest BCUT2D eigenvalue weighted by Gasteiger charge is 2.42. The molecule has 2 rings (SSSR count). The molecule has 15 heavy (non-hydrogen) atoms. The summed E-state index contributed by atoms with van der Waals surface area (Å²) in [5.41, 5.74) is 0. The van der Waals surface area contributed by atoms with E-state index in [2.05, 4.69) is 0 Å². The molecule has 0 aromatic rings. The summed E-state index contributed by atoms with van der Waals surface area (Å²) in [6.45, 7) is 3.17. The van der Waals surface area contributed by atoms with Gasteiger partial charge in [-0.25, -0.2) is 0 Å². The second-order valence-corrected chi connectivity index (χ2v) is 4.25. The molecule has 2 unspecified atom stereocenters. The van der Waals surface area contributed by atoms with Crippen molar-refractivity contribution < 1.29 is 19.1 Å². The largest absolute Gasteiger partial charge is 0.466 e. The molecule has 4 nitrogen and oxygen atoms in total. The van der Waals surface area contributed by atoms with E-state index in [9.17, 15) is 9.59 Å². The number of esters is 1. The Bertz CT molecular complexity index is 258. The van der Waals surface area contributed by atoms with Gasteiger partial charge in [-0.15, -0.1) is 0 Å². The normalized spacial score (nSPS) is 35.0. The molecule has 0 aromatic heterocycles. The van der Waals surface area contributed by atoms with Gasteiger partial charge in [-0.2, -0.15) is 0 Å². The molecular formula is C11H16O4. The number of hydrogen-bond acceptors (Lipinski definition) is 4. The van der Waals surface area contributed by atoms with Crippen molar-refractivity contribution in [2.45, 2.75) is 19.8 Å². The molecule has 1 heterocycles. The third-order valence-electron chi connectivity index (χ3n) is 3.20. The lowest BCUT2D eigenvalue weighted by atomic mass is 9.73. The Morgan fingerprint density at radius 1 is 1.40 bits per heavy atom. The van der Waals surface area contributed by atoms with E-state index in [1.165, 1.54) is 0 Å². The minimum absolute atomic E-state index is 0.0769. The van der Waals surface area contributed by atoms with Crippen LogP contribution in [-0.4, -0.2) is 31.6 Å². The molecule has 0 radical (unpaired) electrons. The minimum atomic E-state index is -0.151. The van der Waals surface area contributed by atoms with E-state index < -0.39 is 0 Å². The first-order valence-corrected chi connectivity index (χ1v) is 5.50. The monoisotopic (exact) mass is 212 g/mol. The predicted molar refractivity (Wildman–Crippen MR) is 52.2 cm³/mol. The van der Waals surface area contributed by atoms with Gasteiger partial charge in [0.15, 0.2) is 0 Å². The Balaban J connectivity index is 2.01. The number of ether oxygens (including phenoxy) is 2. The van der Waals surface area contributed by atoms with Crippen molar-refractivity contribution >= 4 is 11.8 Å². The lowest BCUT2D eigenvalue weighted by molar-refractivity contribution is -0.157. The highest BCUT2D eigenvalue weighted by Crippen LogP contribution is 2.34. The van der Waals surface area contributed by atoms with E-state index in [1.54, 1.807) is 6.92 Å². The fraction of sp³-hybridized carbons (Fsp3) is 0.818. The first kappa shape index (κ1) is 10.6. The van der Waals surface area contributed by atoms with Crippen LogP contribution in [0.3, 0.4) is 0 Å². The maximum Gasteiger partial charge on any atom is 0.308 e. The average Bonchev–Trinajstić information content (AvgIpc) is 2.17. The van der Waals surface area contributed by atoms with E-state index in [-0.39, 0.29) is 29.5 Å². The van der Waals surface area contributed by atoms with Gasteiger partial charge in [0.25, 0.3) is 0 Å². The van der Waals surface area contributed by atoms with Crippen molar-refractivity contribution in [3.05, 3.63) is 0 Å². The molecule has 84 valence electrons. The predicted octanol–water partition coefficient (Wildman–Crippen LogP) is 0.791. The van der Waals surface area contributed by atoms with Crippen LogP contribution in [0.15, 0.2) is 0 Å². The van der Waals surface area contributed by atoms with Crippen LogP contribution in [0.4, 0.5) is 0 Å². The number of carbonyl (C=O) groups excluding carboxylic acids is 2. The van der Waals surface area contributed by atoms with Crippen molar-refractivity contribution in [2.24, 2.45) is 17.8 Å². The molecule has 1 aliphatic heterocycles. The molecule has 0 aromatic carbocycles. The summed E-state index contributed by atoms with van der Waals surface area (Å²) in [4.78, 5) is 23.3. The van der Waals surface area contributed by atoms with Crippen molar-refractivity contribution in [3.8, 4) is 0 Å². The standard InChI is InChI=1S/C11H16O4/c1-2-15-11(13)7-3-8-5-14-6-9(4-7)10(8)12/h7-9H,2-6H2,1H3. The number of carbonyl (C=O) groups is 2. The molecule has 4 heteroatoms. The second kappa shape index (κ2) is 4.31. The molecule has 0 spiro atoms. The van der Waals surface area contributed by atoms with Gasteiger partial charge in [-0.05, 0) is 19.8 Å². The molecule has 0 amide bonds. The van der Waals surface area contributed by atoms with Gasteiger partial charge in [-0.1, -0.05) is 0 Å². The van der Waals surface area contributed by atoms with Crippen LogP contribution in [0, 0.1) is 17.8 Å². The topological polar surface area (TPSA) is 52.6 Å². The van der Waals surface area contributed by atoms with Crippen LogP contribution in [-0.2, 0) is 19.1 Å². The van der Waals surface area contributed by atoms with Gasteiger partial charge < -0.3 is 9.47 Å². The Kier molecular flexibility index (Phi) is 3.05.